The number of anilines is 2. The van der Waals surface area contributed by atoms with Gasteiger partial charge in [0.1, 0.15) is 19.0 Å². The van der Waals surface area contributed by atoms with Crippen LogP contribution >= 0.6 is 0 Å². The number of hydrogen-bond acceptors (Lipinski definition) is 6. The van der Waals surface area contributed by atoms with Crippen molar-refractivity contribution in [2.24, 2.45) is 0 Å². The van der Waals surface area contributed by atoms with Gasteiger partial charge in [0.25, 0.3) is 0 Å². The topological polar surface area (TPSA) is 82.3 Å². The second-order valence-electron chi connectivity index (χ2n) is 4.45. The fourth-order valence-electron chi connectivity index (χ4n) is 2.05. The number of fused-ring (bicyclic) bond motifs is 1. The maximum atomic E-state index is 5.56. The van der Waals surface area contributed by atoms with Crippen molar-refractivity contribution in [3.63, 3.8) is 0 Å². The summed E-state index contributed by atoms with van der Waals surface area (Å²) in [5.41, 5.74) is 6.71. The average molecular weight is 272 g/mol. The maximum Gasteiger partial charge on any atom is 0.221 e. The van der Waals surface area contributed by atoms with Crippen molar-refractivity contribution in [1.29, 1.82) is 0 Å². The van der Waals surface area contributed by atoms with Gasteiger partial charge in [-0.05, 0) is 30.2 Å². The lowest BCUT2D eigenvalue weighted by atomic mass is 10.1. The molecule has 0 bridgehead atoms. The summed E-state index contributed by atoms with van der Waals surface area (Å²) in [4.78, 5) is 7.94. The minimum Gasteiger partial charge on any atom is -0.486 e. The fraction of sp³-hybridized carbons (Fsp3) is 0.286. The Hall–Kier alpha value is -2.50. The van der Waals surface area contributed by atoms with Crippen LogP contribution in [-0.4, -0.2) is 29.7 Å². The molecule has 0 spiro atoms. The summed E-state index contributed by atoms with van der Waals surface area (Å²) in [6.45, 7) is 1.98. The van der Waals surface area contributed by atoms with E-state index in [9.17, 15) is 0 Å². The van der Waals surface area contributed by atoms with Crippen molar-refractivity contribution in [2.45, 2.75) is 6.42 Å². The third-order valence-corrected chi connectivity index (χ3v) is 3.00. The number of ether oxygens (including phenoxy) is 2. The molecule has 0 aliphatic carbocycles. The molecule has 0 saturated carbocycles. The summed E-state index contributed by atoms with van der Waals surface area (Å²) in [7, 11) is 0. The molecule has 3 N–H and O–H groups in total. The SMILES string of the molecule is Nc1nccc(NCCc2ccc3c(c2)OCCO3)n1. The molecule has 20 heavy (non-hydrogen) atoms. The first-order valence-corrected chi connectivity index (χ1v) is 6.52. The van der Waals surface area contributed by atoms with Gasteiger partial charge < -0.3 is 20.5 Å². The number of nitrogens with one attached hydrogen (secondary N) is 1. The van der Waals surface area contributed by atoms with Crippen LogP contribution in [0.25, 0.3) is 0 Å². The van der Waals surface area contributed by atoms with Gasteiger partial charge in [-0.3, -0.25) is 0 Å². The van der Waals surface area contributed by atoms with E-state index in [0.29, 0.717) is 13.2 Å². The highest BCUT2D eigenvalue weighted by Gasteiger charge is 2.11. The number of nitrogens with two attached hydrogens (primary N) is 1. The van der Waals surface area contributed by atoms with E-state index < -0.39 is 0 Å². The Bertz CT molecular complexity index is 603. The summed E-state index contributed by atoms with van der Waals surface area (Å²) >= 11 is 0. The van der Waals surface area contributed by atoms with Crippen LogP contribution in [0.4, 0.5) is 11.8 Å². The van der Waals surface area contributed by atoms with E-state index in [2.05, 4.69) is 15.3 Å². The number of aromatic nitrogens is 2. The number of nitrogens with zero attached hydrogens (tertiary/aromatic N) is 2. The largest absolute Gasteiger partial charge is 0.486 e. The Morgan fingerprint density at radius 1 is 1.15 bits per heavy atom. The first kappa shape index (κ1) is 12.5. The lowest BCUT2D eigenvalue weighted by Gasteiger charge is -2.18. The minimum atomic E-state index is 0.273. The maximum absolute atomic E-state index is 5.56. The highest BCUT2D eigenvalue weighted by molar-refractivity contribution is 5.44. The molecule has 6 nitrogen and oxygen atoms in total. The predicted molar refractivity (Wildman–Crippen MR) is 76.1 cm³/mol. The normalized spacial score (nSPS) is 13.0. The van der Waals surface area contributed by atoms with Gasteiger partial charge in [0.2, 0.25) is 5.95 Å². The first-order valence-electron chi connectivity index (χ1n) is 6.52. The summed E-state index contributed by atoms with van der Waals surface area (Å²) in [6.07, 6.45) is 2.50. The quantitative estimate of drug-likeness (QED) is 0.877. The third-order valence-electron chi connectivity index (χ3n) is 3.00. The molecule has 1 aliphatic rings. The van der Waals surface area contributed by atoms with E-state index in [1.807, 2.05) is 18.2 Å². The van der Waals surface area contributed by atoms with Crippen molar-refractivity contribution in [2.75, 3.05) is 30.8 Å². The van der Waals surface area contributed by atoms with Gasteiger partial charge in [-0.25, -0.2) is 4.98 Å². The molecule has 2 heterocycles. The molecule has 3 rings (SSSR count). The van der Waals surface area contributed by atoms with Crippen molar-refractivity contribution >= 4 is 11.8 Å². The van der Waals surface area contributed by atoms with Crippen molar-refractivity contribution in [3.8, 4) is 11.5 Å². The molecule has 1 aromatic carbocycles. The van der Waals surface area contributed by atoms with Crippen LogP contribution in [0.5, 0.6) is 11.5 Å². The number of benzene rings is 1. The lowest BCUT2D eigenvalue weighted by Crippen LogP contribution is -2.15. The second kappa shape index (κ2) is 5.64. The molecule has 1 aromatic heterocycles. The molecule has 2 aromatic rings. The van der Waals surface area contributed by atoms with Crippen LogP contribution in [0.15, 0.2) is 30.5 Å². The van der Waals surface area contributed by atoms with Crippen LogP contribution in [0.2, 0.25) is 0 Å². The second-order valence-corrected chi connectivity index (χ2v) is 4.45. The van der Waals surface area contributed by atoms with Crippen LogP contribution < -0.4 is 20.5 Å². The Morgan fingerprint density at radius 2 is 2.00 bits per heavy atom. The minimum absolute atomic E-state index is 0.273. The van der Waals surface area contributed by atoms with E-state index in [1.54, 1.807) is 12.3 Å². The van der Waals surface area contributed by atoms with Gasteiger partial charge in [0.15, 0.2) is 11.5 Å². The van der Waals surface area contributed by atoms with E-state index in [4.69, 9.17) is 15.2 Å². The Kier molecular flexibility index (Phi) is 3.54. The zero-order valence-electron chi connectivity index (χ0n) is 11.0. The fourth-order valence-corrected chi connectivity index (χ4v) is 2.05. The van der Waals surface area contributed by atoms with E-state index in [0.717, 1.165) is 30.3 Å². The van der Waals surface area contributed by atoms with Crippen molar-refractivity contribution < 1.29 is 9.47 Å². The molecular formula is C14H16N4O2. The van der Waals surface area contributed by atoms with Crippen molar-refractivity contribution in [3.05, 3.63) is 36.0 Å². The van der Waals surface area contributed by atoms with Gasteiger partial charge >= 0.3 is 0 Å². The van der Waals surface area contributed by atoms with E-state index in [1.165, 1.54) is 5.56 Å². The van der Waals surface area contributed by atoms with E-state index >= 15 is 0 Å². The highest BCUT2D eigenvalue weighted by Crippen LogP contribution is 2.30. The Balaban J connectivity index is 1.58. The van der Waals surface area contributed by atoms with Crippen LogP contribution in [0, 0.1) is 0 Å². The zero-order valence-corrected chi connectivity index (χ0v) is 11.0. The molecule has 6 heteroatoms. The monoisotopic (exact) mass is 272 g/mol. The van der Waals surface area contributed by atoms with Gasteiger partial charge in [-0.2, -0.15) is 4.98 Å². The lowest BCUT2D eigenvalue weighted by molar-refractivity contribution is 0.171. The van der Waals surface area contributed by atoms with Gasteiger partial charge in [0.05, 0.1) is 0 Å². The standard InChI is InChI=1S/C14H16N4O2/c15-14-17-6-4-13(18-14)16-5-3-10-1-2-11-12(9-10)20-8-7-19-11/h1-2,4,6,9H,3,5,7-8H2,(H3,15,16,17,18). The summed E-state index contributed by atoms with van der Waals surface area (Å²) in [5, 5.41) is 3.21. The van der Waals surface area contributed by atoms with Gasteiger partial charge in [-0.15, -0.1) is 0 Å². The molecule has 0 unspecified atom stereocenters. The van der Waals surface area contributed by atoms with E-state index in [-0.39, 0.29) is 5.95 Å². The molecule has 0 saturated heterocycles. The summed E-state index contributed by atoms with van der Waals surface area (Å²) < 4.78 is 11.1. The molecule has 1 aliphatic heterocycles. The Labute approximate surface area is 116 Å². The van der Waals surface area contributed by atoms with Gasteiger partial charge in [-0.1, -0.05) is 6.07 Å². The highest BCUT2D eigenvalue weighted by atomic mass is 16.6. The molecule has 0 amide bonds. The number of rotatable bonds is 4. The molecular weight excluding hydrogens is 256 g/mol. The first-order chi connectivity index (χ1) is 9.81. The predicted octanol–water partition coefficient (Wildman–Crippen LogP) is 1.48. The number of nitrogen functional groups attached to an aromatic ring is 1. The zero-order chi connectivity index (χ0) is 13.8. The number of hydrogen-bond donors (Lipinski definition) is 2. The summed E-state index contributed by atoms with van der Waals surface area (Å²) in [6, 6.07) is 7.81. The third kappa shape index (κ3) is 2.90. The van der Waals surface area contributed by atoms with Crippen LogP contribution in [0.3, 0.4) is 0 Å². The Morgan fingerprint density at radius 3 is 2.85 bits per heavy atom. The molecule has 0 fully saturated rings. The molecule has 0 radical (unpaired) electrons. The molecule has 104 valence electrons. The average Bonchev–Trinajstić information content (AvgIpc) is 2.47. The van der Waals surface area contributed by atoms with Crippen LogP contribution in [-0.2, 0) is 6.42 Å². The van der Waals surface area contributed by atoms with Gasteiger partial charge in [0, 0.05) is 12.7 Å². The smallest absolute Gasteiger partial charge is 0.221 e. The van der Waals surface area contributed by atoms with Crippen molar-refractivity contribution in [1.82, 2.24) is 9.97 Å². The van der Waals surface area contributed by atoms with Crippen LogP contribution in [0.1, 0.15) is 5.56 Å². The summed E-state index contributed by atoms with van der Waals surface area (Å²) in [5.74, 6) is 2.64. The molecule has 0 atom stereocenters.